The van der Waals surface area contributed by atoms with Gasteiger partial charge in [0, 0.05) is 28.5 Å². The number of carbonyl (C=O) groups is 1. The fourth-order valence-corrected chi connectivity index (χ4v) is 3.29. The quantitative estimate of drug-likeness (QED) is 0.536. The second kappa shape index (κ2) is 6.59. The van der Waals surface area contributed by atoms with E-state index in [0.717, 1.165) is 10.9 Å². The maximum atomic E-state index is 12.0. The fourth-order valence-electron chi connectivity index (χ4n) is 3.17. The summed E-state index contributed by atoms with van der Waals surface area (Å²) in [4.78, 5) is 16.4. The number of ether oxygens (including phenoxy) is 2. The lowest BCUT2D eigenvalue weighted by molar-refractivity contribution is -0.150. The van der Waals surface area contributed by atoms with Crippen LogP contribution in [0.5, 0.6) is 11.6 Å². The summed E-state index contributed by atoms with van der Waals surface area (Å²) in [5.74, 6) is -0.0467. The minimum atomic E-state index is -0.992. The summed E-state index contributed by atoms with van der Waals surface area (Å²) in [6.07, 6.45) is 0.312. The van der Waals surface area contributed by atoms with Gasteiger partial charge in [-0.25, -0.2) is 9.78 Å². The number of phenolic OH excluding ortho intramolecular Hbond substituents is 1. The van der Waals surface area contributed by atoms with Crippen LogP contribution in [0, 0.1) is 0 Å². The number of rotatable bonds is 4. The Morgan fingerprint density at radius 2 is 1.96 bits per heavy atom. The SMILES string of the molecule is C=C1CC(COc2ccc3cccc(O)c3n2)(c2ccc(Cl)cc2)OC1=O. The molecule has 1 aliphatic rings. The highest BCUT2D eigenvalue weighted by Gasteiger charge is 2.45. The third kappa shape index (κ3) is 3.22. The van der Waals surface area contributed by atoms with Crippen molar-refractivity contribution in [1.29, 1.82) is 0 Å². The number of fused-ring (bicyclic) bond motifs is 1. The van der Waals surface area contributed by atoms with E-state index in [1.54, 1.807) is 42.5 Å². The molecule has 1 atom stereocenters. The summed E-state index contributed by atoms with van der Waals surface area (Å²) >= 11 is 5.97. The average Bonchev–Trinajstić information content (AvgIpc) is 2.96. The molecule has 1 saturated heterocycles. The van der Waals surface area contributed by atoms with Gasteiger partial charge in [0.1, 0.15) is 17.9 Å². The number of para-hydroxylation sites is 1. The Kier molecular flexibility index (Phi) is 4.24. The van der Waals surface area contributed by atoms with E-state index in [-0.39, 0.29) is 12.4 Å². The predicted molar refractivity (Wildman–Crippen MR) is 102 cm³/mol. The number of pyridine rings is 1. The summed E-state index contributed by atoms with van der Waals surface area (Å²) in [5.41, 5.74) is 0.609. The van der Waals surface area contributed by atoms with Crippen molar-refractivity contribution in [3.63, 3.8) is 0 Å². The molecule has 1 fully saturated rings. The molecule has 2 aromatic carbocycles. The van der Waals surface area contributed by atoms with Crippen LogP contribution >= 0.6 is 11.6 Å². The van der Waals surface area contributed by atoms with Crippen molar-refractivity contribution in [1.82, 2.24) is 4.98 Å². The fraction of sp³-hybridized carbons (Fsp3) is 0.143. The van der Waals surface area contributed by atoms with Crippen LogP contribution in [0.15, 0.2) is 66.7 Å². The summed E-state index contributed by atoms with van der Waals surface area (Å²) in [6.45, 7) is 3.84. The number of hydrogen-bond acceptors (Lipinski definition) is 5. The van der Waals surface area contributed by atoms with E-state index in [1.165, 1.54) is 0 Å². The lowest BCUT2D eigenvalue weighted by Crippen LogP contribution is -2.33. The van der Waals surface area contributed by atoms with E-state index < -0.39 is 11.6 Å². The first-order chi connectivity index (χ1) is 13.0. The van der Waals surface area contributed by atoms with Gasteiger partial charge >= 0.3 is 5.97 Å². The number of cyclic esters (lactones) is 1. The van der Waals surface area contributed by atoms with Crippen molar-refractivity contribution >= 4 is 28.5 Å². The Balaban J connectivity index is 1.65. The van der Waals surface area contributed by atoms with Crippen LogP contribution in [0.25, 0.3) is 10.9 Å². The van der Waals surface area contributed by atoms with Crippen LogP contribution in [0.1, 0.15) is 12.0 Å². The molecular formula is C21H16ClNO4. The molecule has 136 valence electrons. The van der Waals surface area contributed by atoms with Crippen LogP contribution in [0.4, 0.5) is 0 Å². The Hall–Kier alpha value is -3.05. The van der Waals surface area contributed by atoms with E-state index in [4.69, 9.17) is 21.1 Å². The number of aromatic nitrogens is 1. The molecule has 0 aliphatic carbocycles. The number of hydrogen-bond donors (Lipinski definition) is 1. The van der Waals surface area contributed by atoms with E-state index in [0.29, 0.717) is 28.4 Å². The first-order valence-corrected chi connectivity index (χ1v) is 8.73. The van der Waals surface area contributed by atoms with Crippen LogP contribution in [-0.4, -0.2) is 22.7 Å². The molecule has 1 N–H and O–H groups in total. The highest BCUT2D eigenvalue weighted by atomic mass is 35.5. The average molecular weight is 382 g/mol. The molecule has 0 saturated carbocycles. The Morgan fingerprint density at radius 1 is 1.19 bits per heavy atom. The summed E-state index contributed by atoms with van der Waals surface area (Å²) < 4.78 is 11.5. The molecule has 0 spiro atoms. The molecule has 0 bridgehead atoms. The first kappa shape index (κ1) is 17.4. The van der Waals surface area contributed by atoms with Crippen LogP contribution in [0.2, 0.25) is 5.02 Å². The third-order valence-electron chi connectivity index (χ3n) is 4.57. The minimum absolute atomic E-state index is 0.0610. The van der Waals surface area contributed by atoms with Gasteiger partial charge in [-0.2, -0.15) is 0 Å². The highest BCUT2D eigenvalue weighted by Crippen LogP contribution is 2.40. The third-order valence-corrected chi connectivity index (χ3v) is 4.82. The number of nitrogens with zero attached hydrogens (tertiary/aromatic N) is 1. The van der Waals surface area contributed by atoms with Crippen molar-refractivity contribution in [3.8, 4) is 11.6 Å². The molecule has 27 heavy (non-hydrogen) atoms. The zero-order chi connectivity index (χ0) is 19.0. The standard InChI is InChI=1S/C21H16ClNO4/c1-13-11-21(27-20(13)25,15-6-8-16(22)9-7-15)12-26-18-10-5-14-3-2-4-17(24)19(14)23-18/h2-10,24H,1,11-12H2. The van der Waals surface area contributed by atoms with Crippen molar-refractivity contribution in [2.24, 2.45) is 0 Å². The van der Waals surface area contributed by atoms with Crippen LogP contribution in [-0.2, 0) is 15.1 Å². The Labute approximate surface area is 160 Å². The smallest absolute Gasteiger partial charge is 0.334 e. The van der Waals surface area contributed by atoms with Gasteiger partial charge in [0.25, 0.3) is 0 Å². The number of benzene rings is 2. The topological polar surface area (TPSA) is 68.7 Å². The second-order valence-corrected chi connectivity index (χ2v) is 6.89. The van der Waals surface area contributed by atoms with Gasteiger partial charge in [0.2, 0.25) is 5.88 Å². The molecule has 0 amide bonds. The molecule has 5 nitrogen and oxygen atoms in total. The number of halogens is 1. The van der Waals surface area contributed by atoms with Crippen molar-refractivity contribution in [2.75, 3.05) is 6.61 Å². The Bertz CT molecular complexity index is 1030. The molecule has 1 aromatic heterocycles. The van der Waals surface area contributed by atoms with Crippen molar-refractivity contribution in [2.45, 2.75) is 12.0 Å². The summed E-state index contributed by atoms with van der Waals surface area (Å²) in [6, 6.07) is 15.8. The van der Waals surface area contributed by atoms with Crippen molar-refractivity contribution in [3.05, 3.63) is 77.3 Å². The van der Waals surface area contributed by atoms with E-state index in [2.05, 4.69) is 11.6 Å². The van der Waals surface area contributed by atoms with Gasteiger partial charge in [-0.05, 0) is 29.8 Å². The van der Waals surface area contributed by atoms with Crippen LogP contribution in [0.3, 0.4) is 0 Å². The largest absolute Gasteiger partial charge is 0.506 e. The van der Waals surface area contributed by atoms with E-state index >= 15 is 0 Å². The number of phenols is 1. The molecule has 6 heteroatoms. The van der Waals surface area contributed by atoms with E-state index in [9.17, 15) is 9.90 Å². The van der Waals surface area contributed by atoms with Gasteiger partial charge in [0.05, 0.1) is 0 Å². The van der Waals surface area contributed by atoms with Gasteiger partial charge in [0.15, 0.2) is 5.60 Å². The van der Waals surface area contributed by atoms with Gasteiger partial charge in [-0.15, -0.1) is 0 Å². The molecule has 1 unspecified atom stereocenters. The zero-order valence-corrected chi connectivity index (χ0v) is 15.1. The lowest BCUT2D eigenvalue weighted by Gasteiger charge is -2.27. The maximum Gasteiger partial charge on any atom is 0.334 e. The first-order valence-electron chi connectivity index (χ1n) is 8.36. The maximum absolute atomic E-state index is 12.0. The number of carbonyl (C=O) groups excluding carboxylic acids is 1. The molecule has 2 heterocycles. The highest BCUT2D eigenvalue weighted by molar-refractivity contribution is 6.30. The predicted octanol–water partition coefficient (Wildman–Crippen LogP) is 4.37. The van der Waals surface area contributed by atoms with Crippen LogP contribution < -0.4 is 4.74 Å². The molecule has 4 rings (SSSR count). The molecule has 3 aromatic rings. The molecular weight excluding hydrogens is 366 g/mol. The molecule has 1 aliphatic heterocycles. The van der Waals surface area contributed by atoms with E-state index in [1.807, 2.05) is 12.1 Å². The monoisotopic (exact) mass is 381 g/mol. The van der Waals surface area contributed by atoms with Gasteiger partial charge in [-0.1, -0.05) is 42.4 Å². The second-order valence-electron chi connectivity index (χ2n) is 6.46. The molecule has 0 radical (unpaired) electrons. The minimum Gasteiger partial charge on any atom is -0.506 e. The lowest BCUT2D eigenvalue weighted by atomic mass is 9.90. The van der Waals surface area contributed by atoms with Crippen molar-refractivity contribution < 1.29 is 19.4 Å². The summed E-state index contributed by atoms with van der Waals surface area (Å²) in [7, 11) is 0. The summed E-state index contributed by atoms with van der Waals surface area (Å²) in [5, 5.41) is 11.4. The number of esters is 1. The normalized spacial score (nSPS) is 19.3. The number of aromatic hydroxyl groups is 1. The van der Waals surface area contributed by atoms with Gasteiger partial charge < -0.3 is 14.6 Å². The van der Waals surface area contributed by atoms with Gasteiger partial charge in [-0.3, -0.25) is 0 Å². The zero-order valence-electron chi connectivity index (χ0n) is 14.3. The Morgan fingerprint density at radius 3 is 2.67 bits per heavy atom.